The first-order chi connectivity index (χ1) is 7.30. The lowest BCUT2D eigenvalue weighted by Crippen LogP contribution is -1.96. The summed E-state index contributed by atoms with van der Waals surface area (Å²) in [6.45, 7) is 0. The molecule has 0 unspecified atom stereocenters. The molecule has 0 fully saturated rings. The Morgan fingerprint density at radius 2 is 1.93 bits per heavy atom. The van der Waals surface area contributed by atoms with Crippen molar-refractivity contribution < 1.29 is 0 Å². The summed E-state index contributed by atoms with van der Waals surface area (Å²) in [5.41, 5.74) is 3.28. The molecule has 1 aromatic rings. The average Bonchev–Trinajstić information content (AvgIpc) is 2.31. The van der Waals surface area contributed by atoms with Gasteiger partial charge in [0.25, 0.3) is 0 Å². The SMILES string of the molecule is N#CC(C#N)=NNc1cccc(C#N)c1. The minimum Gasteiger partial charge on any atom is -0.276 e. The molecule has 0 heterocycles. The molecule has 5 heteroatoms. The molecule has 0 saturated heterocycles. The molecule has 0 amide bonds. The quantitative estimate of drug-likeness (QED) is 0.569. The summed E-state index contributed by atoms with van der Waals surface area (Å²) in [7, 11) is 0. The molecule has 0 bridgehead atoms. The van der Waals surface area contributed by atoms with Gasteiger partial charge < -0.3 is 0 Å². The van der Waals surface area contributed by atoms with E-state index in [0.717, 1.165) is 0 Å². The highest BCUT2D eigenvalue weighted by atomic mass is 15.3. The predicted octanol–water partition coefficient (Wildman–Crippen LogP) is 1.37. The van der Waals surface area contributed by atoms with Crippen LogP contribution in [0.25, 0.3) is 0 Å². The molecular formula is C10H5N5. The fourth-order valence-electron chi connectivity index (χ4n) is 0.854. The fraction of sp³-hybridized carbons (Fsp3) is 0. The normalized spacial score (nSPS) is 7.80. The van der Waals surface area contributed by atoms with Crippen LogP contribution in [0.3, 0.4) is 0 Å². The number of hydrazone groups is 1. The van der Waals surface area contributed by atoms with Gasteiger partial charge in [-0.15, -0.1) is 0 Å². The van der Waals surface area contributed by atoms with Gasteiger partial charge in [-0.1, -0.05) is 6.07 Å². The maximum Gasteiger partial charge on any atom is 0.237 e. The molecular weight excluding hydrogens is 190 g/mol. The van der Waals surface area contributed by atoms with Crippen LogP contribution in [0.15, 0.2) is 29.4 Å². The van der Waals surface area contributed by atoms with Gasteiger partial charge in [0.2, 0.25) is 5.71 Å². The van der Waals surface area contributed by atoms with Gasteiger partial charge in [0.1, 0.15) is 12.1 Å². The Kier molecular flexibility index (Phi) is 3.42. The van der Waals surface area contributed by atoms with E-state index in [-0.39, 0.29) is 5.71 Å². The Hall–Kier alpha value is -2.84. The molecule has 0 aliphatic heterocycles. The van der Waals surface area contributed by atoms with Crippen molar-refractivity contribution in [2.75, 3.05) is 5.43 Å². The van der Waals surface area contributed by atoms with Crippen LogP contribution >= 0.6 is 0 Å². The summed E-state index contributed by atoms with van der Waals surface area (Å²) < 4.78 is 0. The van der Waals surface area contributed by atoms with Gasteiger partial charge in [-0.3, -0.25) is 5.43 Å². The molecule has 0 spiro atoms. The number of rotatable bonds is 2. The van der Waals surface area contributed by atoms with E-state index in [1.54, 1.807) is 36.4 Å². The second-order valence-corrected chi connectivity index (χ2v) is 2.49. The van der Waals surface area contributed by atoms with Gasteiger partial charge in [-0.05, 0) is 18.2 Å². The zero-order chi connectivity index (χ0) is 11.1. The smallest absolute Gasteiger partial charge is 0.237 e. The fourth-order valence-corrected chi connectivity index (χ4v) is 0.854. The van der Waals surface area contributed by atoms with Crippen LogP contribution in [0.2, 0.25) is 0 Å². The van der Waals surface area contributed by atoms with Gasteiger partial charge in [0.05, 0.1) is 17.3 Å². The monoisotopic (exact) mass is 195 g/mol. The van der Waals surface area contributed by atoms with Crippen molar-refractivity contribution in [3.8, 4) is 18.2 Å². The van der Waals surface area contributed by atoms with Crippen LogP contribution in [-0.4, -0.2) is 5.71 Å². The van der Waals surface area contributed by atoms with Crippen molar-refractivity contribution in [3.63, 3.8) is 0 Å². The first kappa shape index (κ1) is 10.2. The number of hydrogen-bond donors (Lipinski definition) is 1. The zero-order valence-electron chi connectivity index (χ0n) is 7.60. The van der Waals surface area contributed by atoms with Gasteiger partial charge >= 0.3 is 0 Å². The summed E-state index contributed by atoms with van der Waals surface area (Å²) in [6, 6.07) is 11.7. The van der Waals surface area contributed by atoms with Crippen LogP contribution < -0.4 is 5.43 Å². The Bertz CT molecular complexity index is 494. The maximum atomic E-state index is 8.61. The highest BCUT2D eigenvalue weighted by molar-refractivity contribution is 6.10. The lowest BCUT2D eigenvalue weighted by molar-refractivity contribution is 1.33. The maximum absolute atomic E-state index is 8.61. The summed E-state index contributed by atoms with van der Waals surface area (Å²) in [6.07, 6.45) is 0. The van der Waals surface area contributed by atoms with Crippen LogP contribution in [0.4, 0.5) is 5.69 Å². The Balaban J connectivity index is 2.85. The van der Waals surface area contributed by atoms with Crippen molar-refractivity contribution in [3.05, 3.63) is 29.8 Å². The number of nitriles is 3. The van der Waals surface area contributed by atoms with Gasteiger partial charge in [0.15, 0.2) is 0 Å². The van der Waals surface area contributed by atoms with E-state index in [2.05, 4.69) is 10.5 Å². The van der Waals surface area contributed by atoms with Crippen LogP contribution in [-0.2, 0) is 0 Å². The Labute approximate surface area is 86.5 Å². The van der Waals surface area contributed by atoms with Gasteiger partial charge in [-0.2, -0.15) is 20.9 Å². The number of hydrogen-bond acceptors (Lipinski definition) is 5. The van der Waals surface area contributed by atoms with E-state index in [1.165, 1.54) is 0 Å². The summed E-state index contributed by atoms with van der Waals surface area (Å²) in [4.78, 5) is 0. The topological polar surface area (TPSA) is 95.8 Å². The van der Waals surface area contributed by atoms with Crippen LogP contribution in [0.5, 0.6) is 0 Å². The van der Waals surface area contributed by atoms with Crippen molar-refractivity contribution in [2.24, 2.45) is 5.10 Å². The van der Waals surface area contributed by atoms with E-state index in [0.29, 0.717) is 11.3 Å². The van der Waals surface area contributed by atoms with E-state index in [1.807, 2.05) is 6.07 Å². The highest BCUT2D eigenvalue weighted by Crippen LogP contribution is 2.09. The molecule has 5 nitrogen and oxygen atoms in total. The lowest BCUT2D eigenvalue weighted by Gasteiger charge is -1.98. The zero-order valence-corrected chi connectivity index (χ0v) is 7.60. The summed E-state index contributed by atoms with van der Waals surface area (Å²) in [5, 5.41) is 29.0. The Morgan fingerprint density at radius 1 is 1.20 bits per heavy atom. The highest BCUT2D eigenvalue weighted by Gasteiger charge is 1.95. The van der Waals surface area contributed by atoms with Crippen LogP contribution in [0, 0.1) is 34.0 Å². The standard InChI is InChI=1S/C10H5N5/c11-5-8-2-1-3-9(4-8)14-15-10(6-12)7-13/h1-4,14H. The van der Waals surface area contributed by atoms with Gasteiger partial charge in [-0.25, -0.2) is 0 Å². The van der Waals surface area contributed by atoms with E-state index in [9.17, 15) is 0 Å². The molecule has 0 aliphatic carbocycles. The van der Waals surface area contributed by atoms with Crippen molar-refractivity contribution in [1.29, 1.82) is 15.8 Å². The second kappa shape index (κ2) is 5.01. The molecule has 0 aliphatic rings. The van der Waals surface area contributed by atoms with Crippen molar-refractivity contribution >= 4 is 11.4 Å². The minimum atomic E-state index is -0.266. The lowest BCUT2D eigenvalue weighted by atomic mass is 10.2. The van der Waals surface area contributed by atoms with Crippen molar-refractivity contribution in [2.45, 2.75) is 0 Å². The largest absolute Gasteiger partial charge is 0.276 e. The van der Waals surface area contributed by atoms with Crippen molar-refractivity contribution in [1.82, 2.24) is 0 Å². The molecule has 1 rings (SSSR count). The number of nitrogens with zero attached hydrogens (tertiary/aromatic N) is 4. The molecule has 15 heavy (non-hydrogen) atoms. The third-order valence-corrected chi connectivity index (χ3v) is 1.50. The third-order valence-electron chi connectivity index (χ3n) is 1.50. The van der Waals surface area contributed by atoms with E-state index < -0.39 is 0 Å². The second-order valence-electron chi connectivity index (χ2n) is 2.49. The summed E-state index contributed by atoms with van der Waals surface area (Å²) >= 11 is 0. The molecule has 70 valence electrons. The minimum absolute atomic E-state index is 0.266. The summed E-state index contributed by atoms with van der Waals surface area (Å²) in [5.74, 6) is 0. The average molecular weight is 195 g/mol. The Morgan fingerprint density at radius 3 is 2.53 bits per heavy atom. The number of benzene rings is 1. The molecule has 0 radical (unpaired) electrons. The first-order valence-corrected chi connectivity index (χ1v) is 3.94. The molecule has 0 saturated carbocycles. The molecule has 1 aromatic carbocycles. The van der Waals surface area contributed by atoms with E-state index in [4.69, 9.17) is 15.8 Å². The van der Waals surface area contributed by atoms with Gasteiger partial charge in [0, 0.05) is 0 Å². The number of nitrogens with one attached hydrogen (secondary N) is 1. The third kappa shape index (κ3) is 2.84. The number of anilines is 1. The van der Waals surface area contributed by atoms with E-state index >= 15 is 0 Å². The predicted molar refractivity (Wildman–Crippen MR) is 53.4 cm³/mol. The first-order valence-electron chi connectivity index (χ1n) is 3.94. The van der Waals surface area contributed by atoms with Crippen LogP contribution in [0.1, 0.15) is 5.56 Å². The molecule has 1 N–H and O–H groups in total. The molecule has 0 atom stereocenters. The molecule has 0 aromatic heterocycles.